The number of hydrogen-bond acceptors (Lipinski definition) is 5. The third-order valence-corrected chi connectivity index (χ3v) is 5.71. The Bertz CT molecular complexity index is 1000. The molecule has 2 aromatic carbocycles. The molecule has 1 amide bonds. The molecule has 0 unspecified atom stereocenters. The molecule has 3 rings (SSSR count). The Balaban J connectivity index is 1.62. The van der Waals surface area contributed by atoms with Crippen LogP contribution in [0.5, 0.6) is 0 Å². The maximum Gasteiger partial charge on any atom is 0.248 e. The highest BCUT2D eigenvalue weighted by atomic mass is 35.5. The Labute approximate surface area is 181 Å². The van der Waals surface area contributed by atoms with Crippen LogP contribution < -0.4 is 10.9 Å². The standard InChI is InChI=1S/C18H16Cl3N5OS/c1-10-3-4-13(5-11(10)2)26-9-22-25-18(26)28-8-16(27)23-24-17-14(20)6-12(19)7-15(17)21/h3-7,9,24H,8H2,1-2H3,(H,23,27). The smallest absolute Gasteiger partial charge is 0.248 e. The number of nitrogens with zero attached hydrogens (tertiary/aromatic N) is 3. The number of hydrogen-bond donors (Lipinski definition) is 2. The van der Waals surface area contributed by atoms with Gasteiger partial charge in [0.25, 0.3) is 0 Å². The summed E-state index contributed by atoms with van der Waals surface area (Å²) in [7, 11) is 0. The van der Waals surface area contributed by atoms with E-state index in [-0.39, 0.29) is 11.7 Å². The first kappa shape index (κ1) is 20.8. The minimum atomic E-state index is -0.276. The van der Waals surface area contributed by atoms with Crippen LogP contribution in [0.15, 0.2) is 41.8 Å². The summed E-state index contributed by atoms with van der Waals surface area (Å²) < 4.78 is 1.84. The van der Waals surface area contributed by atoms with Crippen LogP contribution in [-0.2, 0) is 4.79 Å². The van der Waals surface area contributed by atoms with Crippen molar-refractivity contribution >= 4 is 58.2 Å². The second-order valence-corrected chi connectivity index (χ2v) is 8.15. The lowest BCUT2D eigenvalue weighted by Gasteiger charge is -2.12. The number of aryl methyl sites for hydroxylation is 2. The summed E-state index contributed by atoms with van der Waals surface area (Å²) in [5.41, 5.74) is 8.97. The van der Waals surface area contributed by atoms with Crippen molar-refractivity contribution in [3.05, 3.63) is 62.9 Å². The monoisotopic (exact) mass is 455 g/mol. The molecule has 2 N–H and O–H groups in total. The first-order chi connectivity index (χ1) is 13.3. The van der Waals surface area contributed by atoms with Gasteiger partial charge >= 0.3 is 0 Å². The summed E-state index contributed by atoms with van der Waals surface area (Å²) in [6, 6.07) is 9.14. The Morgan fingerprint density at radius 1 is 1.11 bits per heavy atom. The molecule has 1 heterocycles. The lowest BCUT2D eigenvalue weighted by atomic mass is 10.1. The number of rotatable bonds is 6. The van der Waals surface area contributed by atoms with Crippen LogP contribution in [0, 0.1) is 13.8 Å². The molecule has 1 aromatic heterocycles. The number of carbonyl (C=O) groups is 1. The molecule has 0 saturated heterocycles. The molecular formula is C18H16Cl3N5OS. The van der Waals surface area contributed by atoms with Crippen LogP contribution >= 0.6 is 46.6 Å². The van der Waals surface area contributed by atoms with Crippen molar-refractivity contribution in [2.24, 2.45) is 0 Å². The zero-order valence-corrected chi connectivity index (χ0v) is 18.0. The van der Waals surface area contributed by atoms with Gasteiger partial charge in [0.15, 0.2) is 5.16 Å². The number of carbonyl (C=O) groups excluding carboxylic acids is 1. The van der Waals surface area contributed by atoms with Crippen LogP contribution in [0.1, 0.15) is 11.1 Å². The number of aromatic nitrogens is 3. The van der Waals surface area contributed by atoms with E-state index >= 15 is 0 Å². The first-order valence-electron chi connectivity index (χ1n) is 8.15. The van der Waals surface area contributed by atoms with E-state index in [2.05, 4.69) is 34.0 Å². The molecule has 6 nitrogen and oxygen atoms in total. The lowest BCUT2D eigenvalue weighted by molar-refractivity contribution is -0.118. The van der Waals surface area contributed by atoms with E-state index in [0.717, 1.165) is 5.69 Å². The van der Waals surface area contributed by atoms with Gasteiger partial charge in [-0.2, -0.15) is 0 Å². The fourth-order valence-corrected chi connectivity index (χ4v) is 3.98. The molecule has 0 spiro atoms. The van der Waals surface area contributed by atoms with E-state index in [1.807, 2.05) is 23.6 Å². The minimum Gasteiger partial charge on any atom is -0.296 e. The Morgan fingerprint density at radius 2 is 1.82 bits per heavy atom. The van der Waals surface area contributed by atoms with Gasteiger partial charge in [-0.1, -0.05) is 52.6 Å². The third-order valence-electron chi connectivity index (χ3n) is 3.95. The summed E-state index contributed by atoms with van der Waals surface area (Å²) in [6.45, 7) is 4.10. The molecule has 0 aliphatic rings. The number of anilines is 1. The predicted molar refractivity (Wildman–Crippen MR) is 115 cm³/mol. The highest BCUT2D eigenvalue weighted by Gasteiger charge is 2.12. The molecule has 0 fully saturated rings. The molecular weight excluding hydrogens is 441 g/mol. The van der Waals surface area contributed by atoms with Crippen LogP contribution in [0.2, 0.25) is 15.1 Å². The Kier molecular flexibility index (Phi) is 6.72. The number of halogens is 3. The van der Waals surface area contributed by atoms with Crippen LogP contribution in [0.25, 0.3) is 5.69 Å². The van der Waals surface area contributed by atoms with Gasteiger partial charge in [-0.25, -0.2) is 0 Å². The summed E-state index contributed by atoms with van der Waals surface area (Å²) in [4.78, 5) is 12.2. The molecule has 0 aliphatic heterocycles. The zero-order chi connectivity index (χ0) is 20.3. The van der Waals surface area contributed by atoms with Crippen molar-refractivity contribution < 1.29 is 4.79 Å². The highest BCUT2D eigenvalue weighted by molar-refractivity contribution is 7.99. The van der Waals surface area contributed by atoms with Gasteiger partial charge in [-0.15, -0.1) is 10.2 Å². The SMILES string of the molecule is Cc1ccc(-n2cnnc2SCC(=O)NNc2c(Cl)cc(Cl)cc2Cl)cc1C. The summed E-state index contributed by atoms with van der Waals surface area (Å²) in [5, 5.41) is 9.68. The highest BCUT2D eigenvalue weighted by Crippen LogP contribution is 2.33. The molecule has 146 valence electrons. The van der Waals surface area contributed by atoms with Crippen molar-refractivity contribution in [3.8, 4) is 5.69 Å². The van der Waals surface area contributed by atoms with E-state index in [1.165, 1.54) is 35.0 Å². The molecule has 0 atom stereocenters. The maximum atomic E-state index is 12.2. The summed E-state index contributed by atoms with van der Waals surface area (Å²) in [6.07, 6.45) is 1.62. The quantitative estimate of drug-likeness (QED) is 0.400. The molecule has 0 bridgehead atoms. The number of thioether (sulfide) groups is 1. The second kappa shape index (κ2) is 9.05. The van der Waals surface area contributed by atoms with E-state index in [1.54, 1.807) is 6.33 Å². The van der Waals surface area contributed by atoms with Crippen molar-refractivity contribution in [3.63, 3.8) is 0 Å². The summed E-state index contributed by atoms with van der Waals surface area (Å²) >= 11 is 19.3. The third kappa shape index (κ3) is 4.91. The average Bonchev–Trinajstić information content (AvgIpc) is 3.10. The molecule has 28 heavy (non-hydrogen) atoms. The topological polar surface area (TPSA) is 71.8 Å². The van der Waals surface area contributed by atoms with Gasteiger partial charge in [-0.05, 0) is 49.2 Å². The Hall–Kier alpha value is -1.93. The number of nitrogens with one attached hydrogen (secondary N) is 2. The van der Waals surface area contributed by atoms with Gasteiger partial charge in [0.05, 0.1) is 21.5 Å². The van der Waals surface area contributed by atoms with Crippen molar-refractivity contribution in [1.29, 1.82) is 0 Å². The fraction of sp³-hybridized carbons (Fsp3) is 0.167. The van der Waals surface area contributed by atoms with E-state index < -0.39 is 0 Å². The van der Waals surface area contributed by atoms with E-state index in [4.69, 9.17) is 34.8 Å². The summed E-state index contributed by atoms with van der Waals surface area (Å²) in [5.74, 6) is -0.152. The van der Waals surface area contributed by atoms with Gasteiger partial charge in [-0.3, -0.25) is 20.2 Å². The predicted octanol–water partition coefficient (Wildman–Crippen LogP) is 5.08. The average molecular weight is 457 g/mol. The Morgan fingerprint density at radius 3 is 2.50 bits per heavy atom. The van der Waals surface area contributed by atoms with E-state index in [9.17, 15) is 4.79 Å². The van der Waals surface area contributed by atoms with Crippen LogP contribution in [0.3, 0.4) is 0 Å². The molecule has 0 aliphatic carbocycles. The number of hydrazine groups is 1. The molecule has 3 aromatic rings. The normalized spacial score (nSPS) is 10.8. The molecule has 10 heteroatoms. The van der Waals surface area contributed by atoms with Gasteiger partial charge in [0, 0.05) is 10.7 Å². The van der Waals surface area contributed by atoms with Gasteiger partial charge < -0.3 is 0 Å². The minimum absolute atomic E-state index is 0.124. The van der Waals surface area contributed by atoms with Crippen molar-refractivity contribution in [2.45, 2.75) is 19.0 Å². The number of amides is 1. The zero-order valence-electron chi connectivity index (χ0n) is 15.0. The lowest BCUT2D eigenvalue weighted by Crippen LogP contribution is -2.31. The van der Waals surface area contributed by atoms with Gasteiger partial charge in [0.2, 0.25) is 5.91 Å². The molecule has 0 saturated carbocycles. The maximum absolute atomic E-state index is 12.2. The second-order valence-electron chi connectivity index (χ2n) is 5.96. The van der Waals surface area contributed by atoms with Crippen LogP contribution in [0.4, 0.5) is 5.69 Å². The number of benzene rings is 2. The first-order valence-corrected chi connectivity index (χ1v) is 10.3. The van der Waals surface area contributed by atoms with Crippen molar-refractivity contribution in [1.82, 2.24) is 20.2 Å². The van der Waals surface area contributed by atoms with Crippen LogP contribution in [-0.4, -0.2) is 26.4 Å². The van der Waals surface area contributed by atoms with Gasteiger partial charge in [0.1, 0.15) is 6.33 Å². The fourth-order valence-electron chi connectivity index (χ4n) is 2.34. The largest absolute Gasteiger partial charge is 0.296 e. The molecule has 0 radical (unpaired) electrons. The van der Waals surface area contributed by atoms with Crippen molar-refractivity contribution in [2.75, 3.05) is 11.2 Å². The van der Waals surface area contributed by atoms with E-state index in [0.29, 0.717) is 25.9 Å².